The molecule has 0 saturated carbocycles. The summed E-state index contributed by atoms with van der Waals surface area (Å²) in [5, 5.41) is 0. The molecule has 0 aliphatic rings. The van der Waals surface area contributed by atoms with Gasteiger partial charge >= 0.3 is 0 Å². The van der Waals surface area contributed by atoms with Crippen molar-refractivity contribution < 1.29 is 8.42 Å². The maximum Gasteiger partial charge on any atom is 0.240 e. The van der Waals surface area contributed by atoms with E-state index in [1.54, 1.807) is 6.07 Å². The Labute approximate surface area is 120 Å². The maximum absolute atomic E-state index is 11.9. The fraction of sp³-hybridized carbons (Fsp3) is 0.273. The van der Waals surface area contributed by atoms with Gasteiger partial charge in [-0.15, -0.1) is 18.2 Å². The van der Waals surface area contributed by atoms with Crippen LogP contribution in [0, 0.1) is 12.3 Å². The van der Waals surface area contributed by atoms with Crippen molar-refractivity contribution in [3.8, 4) is 12.3 Å². The van der Waals surface area contributed by atoms with Crippen LogP contribution in [0.1, 0.15) is 0 Å². The first-order valence-corrected chi connectivity index (χ1v) is 8.46. The monoisotopic (exact) mass is 348 g/mol. The van der Waals surface area contributed by atoms with E-state index in [-0.39, 0.29) is 4.90 Å². The molecule has 1 aromatic rings. The van der Waals surface area contributed by atoms with Gasteiger partial charge in [0, 0.05) is 22.5 Å². The first kappa shape index (κ1) is 15.4. The Hall–Kier alpha value is -0.680. The summed E-state index contributed by atoms with van der Waals surface area (Å²) in [4.78, 5) is 0.158. The highest BCUT2D eigenvalue weighted by molar-refractivity contribution is 9.10. The Morgan fingerprint density at radius 2 is 2.22 bits per heavy atom. The average Bonchev–Trinajstić information content (AvgIpc) is 2.32. The predicted octanol–water partition coefficient (Wildman–Crippen LogP) is 1.68. The van der Waals surface area contributed by atoms with Gasteiger partial charge in [-0.05, 0) is 34.1 Å². The quantitative estimate of drug-likeness (QED) is 0.466. The summed E-state index contributed by atoms with van der Waals surface area (Å²) in [6.07, 6.45) is 5.09. The Morgan fingerprint density at radius 3 is 2.83 bits per heavy atom. The van der Waals surface area contributed by atoms with Crippen LogP contribution in [-0.4, -0.2) is 26.5 Å². The van der Waals surface area contributed by atoms with Crippen molar-refractivity contribution >= 4 is 43.4 Å². The molecule has 0 saturated heterocycles. The van der Waals surface area contributed by atoms with Gasteiger partial charge in [-0.2, -0.15) is 0 Å². The van der Waals surface area contributed by atoms with Crippen LogP contribution in [0.5, 0.6) is 0 Å². The molecule has 0 radical (unpaired) electrons. The van der Waals surface area contributed by atoms with E-state index in [1.165, 1.54) is 23.9 Å². The molecule has 0 bridgehead atoms. The highest BCUT2D eigenvalue weighted by atomic mass is 79.9. The number of halogens is 1. The molecular weight excluding hydrogens is 336 g/mol. The Bertz CT molecular complexity index is 553. The number of nitrogens with one attached hydrogen (secondary N) is 1. The number of benzene rings is 1. The van der Waals surface area contributed by atoms with E-state index in [4.69, 9.17) is 12.2 Å². The van der Waals surface area contributed by atoms with Crippen LogP contribution in [0.4, 0.5) is 5.69 Å². The fourth-order valence-electron chi connectivity index (χ4n) is 1.15. The number of nitrogens with two attached hydrogens (primary N) is 1. The second-order valence-corrected chi connectivity index (χ2v) is 7.06. The third-order valence-corrected chi connectivity index (χ3v) is 5.05. The van der Waals surface area contributed by atoms with Crippen LogP contribution >= 0.6 is 27.7 Å². The molecule has 0 amide bonds. The first-order chi connectivity index (χ1) is 8.47. The van der Waals surface area contributed by atoms with Gasteiger partial charge in [0.05, 0.1) is 10.6 Å². The van der Waals surface area contributed by atoms with Gasteiger partial charge in [-0.25, -0.2) is 13.1 Å². The van der Waals surface area contributed by atoms with Crippen molar-refractivity contribution in [2.24, 2.45) is 0 Å². The number of hydrogen-bond acceptors (Lipinski definition) is 4. The second kappa shape index (κ2) is 7.04. The zero-order valence-corrected chi connectivity index (χ0v) is 12.7. The molecule has 4 nitrogen and oxygen atoms in total. The van der Waals surface area contributed by atoms with Crippen molar-refractivity contribution in [3.05, 3.63) is 22.7 Å². The molecule has 0 unspecified atom stereocenters. The molecule has 0 fully saturated rings. The molecule has 0 aromatic heterocycles. The number of hydrogen-bond donors (Lipinski definition) is 2. The van der Waals surface area contributed by atoms with Crippen molar-refractivity contribution in [2.45, 2.75) is 4.90 Å². The standard InChI is InChI=1S/C11H13BrN2O2S2/c1-2-6-17-7-5-14-18(15,16)9-3-4-10(12)11(13)8-9/h1,3-4,8,14H,5-7,13H2. The van der Waals surface area contributed by atoms with Gasteiger partial charge in [0.1, 0.15) is 0 Å². The second-order valence-electron chi connectivity index (χ2n) is 3.34. The summed E-state index contributed by atoms with van der Waals surface area (Å²) in [5.41, 5.74) is 6.03. The van der Waals surface area contributed by atoms with Crippen LogP contribution in [0.2, 0.25) is 0 Å². The highest BCUT2D eigenvalue weighted by Crippen LogP contribution is 2.22. The van der Waals surface area contributed by atoms with Crippen molar-refractivity contribution in [3.63, 3.8) is 0 Å². The van der Waals surface area contributed by atoms with E-state index >= 15 is 0 Å². The lowest BCUT2D eigenvalue weighted by Crippen LogP contribution is -2.26. The molecule has 0 aliphatic carbocycles. The highest BCUT2D eigenvalue weighted by Gasteiger charge is 2.14. The minimum Gasteiger partial charge on any atom is -0.398 e. The zero-order chi connectivity index (χ0) is 13.6. The Kier molecular flexibility index (Phi) is 6.02. The molecule has 1 aromatic carbocycles. The lowest BCUT2D eigenvalue weighted by Gasteiger charge is -2.07. The van der Waals surface area contributed by atoms with E-state index in [2.05, 4.69) is 26.6 Å². The fourth-order valence-corrected chi connectivity index (χ4v) is 3.10. The van der Waals surface area contributed by atoms with Gasteiger partial charge in [-0.3, -0.25) is 0 Å². The topological polar surface area (TPSA) is 72.2 Å². The predicted molar refractivity (Wildman–Crippen MR) is 79.9 cm³/mol. The summed E-state index contributed by atoms with van der Waals surface area (Å²) in [6, 6.07) is 4.52. The zero-order valence-electron chi connectivity index (χ0n) is 9.52. The normalized spacial score (nSPS) is 11.1. The van der Waals surface area contributed by atoms with Crippen LogP contribution < -0.4 is 10.5 Å². The molecule has 0 spiro atoms. The van der Waals surface area contributed by atoms with E-state index < -0.39 is 10.0 Å². The van der Waals surface area contributed by atoms with E-state index in [1.807, 2.05) is 0 Å². The summed E-state index contributed by atoms with van der Waals surface area (Å²) in [6.45, 7) is 0.338. The van der Waals surface area contributed by atoms with Crippen molar-refractivity contribution in [1.29, 1.82) is 0 Å². The average molecular weight is 349 g/mol. The number of terminal acetylenes is 1. The smallest absolute Gasteiger partial charge is 0.240 e. The number of nitrogen functional groups attached to an aromatic ring is 1. The van der Waals surface area contributed by atoms with E-state index in [0.29, 0.717) is 28.2 Å². The third-order valence-electron chi connectivity index (χ3n) is 2.00. The summed E-state index contributed by atoms with van der Waals surface area (Å²) >= 11 is 4.71. The summed E-state index contributed by atoms with van der Waals surface area (Å²) in [5.74, 6) is 3.69. The van der Waals surface area contributed by atoms with Gasteiger partial charge in [0.15, 0.2) is 0 Å². The number of thioether (sulfide) groups is 1. The summed E-state index contributed by atoms with van der Waals surface area (Å²) < 4.78 is 27.0. The molecule has 3 N–H and O–H groups in total. The van der Waals surface area contributed by atoms with Gasteiger partial charge in [0.25, 0.3) is 0 Å². The molecule has 0 atom stereocenters. The number of sulfonamides is 1. The molecule has 1 rings (SSSR count). The van der Waals surface area contributed by atoms with Crippen LogP contribution in [0.3, 0.4) is 0 Å². The lowest BCUT2D eigenvalue weighted by atomic mass is 10.3. The largest absolute Gasteiger partial charge is 0.398 e. The SMILES string of the molecule is C#CCSCCNS(=O)(=O)c1ccc(Br)c(N)c1. The van der Waals surface area contributed by atoms with Crippen molar-refractivity contribution in [1.82, 2.24) is 4.72 Å². The molecule has 98 valence electrons. The van der Waals surface area contributed by atoms with Gasteiger partial charge in [-0.1, -0.05) is 5.92 Å². The third kappa shape index (κ3) is 4.53. The van der Waals surface area contributed by atoms with Crippen molar-refractivity contribution in [2.75, 3.05) is 23.8 Å². The number of rotatable bonds is 6. The van der Waals surface area contributed by atoms with E-state index in [0.717, 1.165) is 0 Å². The molecule has 7 heteroatoms. The minimum atomic E-state index is -3.50. The van der Waals surface area contributed by atoms with Crippen LogP contribution in [-0.2, 0) is 10.0 Å². The summed E-state index contributed by atoms with van der Waals surface area (Å²) in [7, 11) is -3.50. The lowest BCUT2D eigenvalue weighted by molar-refractivity contribution is 0.584. The Morgan fingerprint density at radius 1 is 1.50 bits per heavy atom. The number of anilines is 1. The van der Waals surface area contributed by atoms with Gasteiger partial charge < -0.3 is 5.73 Å². The van der Waals surface area contributed by atoms with E-state index in [9.17, 15) is 8.42 Å². The first-order valence-electron chi connectivity index (χ1n) is 5.03. The Balaban J connectivity index is 2.63. The van der Waals surface area contributed by atoms with Crippen LogP contribution in [0.25, 0.3) is 0 Å². The van der Waals surface area contributed by atoms with Crippen LogP contribution in [0.15, 0.2) is 27.6 Å². The molecule has 0 aliphatic heterocycles. The molecule has 0 heterocycles. The maximum atomic E-state index is 11.9. The molecule has 18 heavy (non-hydrogen) atoms. The molecular formula is C11H13BrN2O2S2. The van der Waals surface area contributed by atoms with Gasteiger partial charge in [0.2, 0.25) is 10.0 Å². The minimum absolute atomic E-state index is 0.158.